The Bertz CT molecular complexity index is 394. The minimum Gasteiger partial charge on any atom is -0.310 e. The molecule has 17 heavy (non-hydrogen) atoms. The van der Waals surface area contributed by atoms with Crippen molar-refractivity contribution >= 4 is 11.7 Å². The summed E-state index contributed by atoms with van der Waals surface area (Å²) in [6.45, 7) is 12.1. The van der Waals surface area contributed by atoms with Gasteiger partial charge in [0, 0.05) is 11.6 Å². The van der Waals surface area contributed by atoms with E-state index in [1.54, 1.807) is 0 Å². The van der Waals surface area contributed by atoms with E-state index >= 15 is 0 Å². The number of hydrogen-bond acceptors (Lipinski definition) is 2. The van der Waals surface area contributed by atoms with Crippen LogP contribution in [0.5, 0.6) is 0 Å². The molecule has 0 bridgehead atoms. The van der Waals surface area contributed by atoms with Gasteiger partial charge < -0.3 is 5.32 Å². The predicted molar refractivity (Wildman–Crippen MR) is 71.0 cm³/mol. The molecular formula is C14H22N2O. The van der Waals surface area contributed by atoms with E-state index in [-0.39, 0.29) is 11.3 Å². The molecule has 94 valence electrons. The summed E-state index contributed by atoms with van der Waals surface area (Å²) >= 11 is 0. The van der Waals surface area contributed by atoms with Crippen LogP contribution >= 0.6 is 0 Å². The maximum atomic E-state index is 11.8. The summed E-state index contributed by atoms with van der Waals surface area (Å²) in [4.78, 5) is 16.0. The quantitative estimate of drug-likeness (QED) is 0.809. The van der Waals surface area contributed by atoms with Crippen LogP contribution in [0.25, 0.3) is 0 Å². The molecule has 1 aromatic heterocycles. The standard InChI is InChI=1S/C14H22N2O/c1-13(2,3)10-7-8-11(15-9-10)16-12(17)14(4,5)6/h7-9H,1-6H3,(H,15,16,17). The lowest BCUT2D eigenvalue weighted by Gasteiger charge is -2.20. The Morgan fingerprint density at radius 1 is 1.12 bits per heavy atom. The Hall–Kier alpha value is -1.38. The second kappa shape index (κ2) is 4.47. The summed E-state index contributed by atoms with van der Waals surface area (Å²) in [6, 6.07) is 3.86. The molecule has 1 rings (SSSR count). The molecule has 0 fully saturated rings. The van der Waals surface area contributed by atoms with Crippen LogP contribution in [0, 0.1) is 5.41 Å². The van der Waals surface area contributed by atoms with E-state index < -0.39 is 5.41 Å². The molecule has 3 heteroatoms. The highest BCUT2D eigenvalue weighted by atomic mass is 16.2. The van der Waals surface area contributed by atoms with E-state index in [0.29, 0.717) is 5.82 Å². The van der Waals surface area contributed by atoms with Crippen LogP contribution in [0.2, 0.25) is 0 Å². The van der Waals surface area contributed by atoms with Crippen LogP contribution in [0.1, 0.15) is 47.1 Å². The van der Waals surface area contributed by atoms with Crippen molar-refractivity contribution in [3.8, 4) is 0 Å². The number of carbonyl (C=O) groups excluding carboxylic acids is 1. The molecule has 0 saturated carbocycles. The molecule has 0 aliphatic carbocycles. The van der Waals surface area contributed by atoms with Gasteiger partial charge in [-0.05, 0) is 17.0 Å². The van der Waals surface area contributed by atoms with Crippen molar-refractivity contribution in [2.75, 3.05) is 5.32 Å². The van der Waals surface area contributed by atoms with Gasteiger partial charge in [-0.2, -0.15) is 0 Å². The molecule has 3 nitrogen and oxygen atoms in total. The monoisotopic (exact) mass is 234 g/mol. The molecule has 0 unspecified atom stereocenters. The average molecular weight is 234 g/mol. The lowest BCUT2D eigenvalue weighted by atomic mass is 9.88. The Morgan fingerprint density at radius 3 is 2.06 bits per heavy atom. The molecule has 0 saturated heterocycles. The minimum atomic E-state index is -0.398. The molecule has 1 N–H and O–H groups in total. The topological polar surface area (TPSA) is 42.0 Å². The van der Waals surface area contributed by atoms with Gasteiger partial charge in [0.2, 0.25) is 5.91 Å². The van der Waals surface area contributed by atoms with Crippen LogP contribution < -0.4 is 5.32 Å². The number of anilines is 1. The third kappa shape index (κ3) is 3.84. The maximum Gasteiger partial charge on any atom is 0.230 e. The fraction of sp³-hybridized carbons (Fsp3) is 0.571. The molecule has 1 amide bonds. The Morgan fingerprint density at radius 2 is 1.71 bits per heavy atom. The zero-order valence-electron chi connectivity index (χ0n) is 11.6. The zero-order chi connectivity index (χ0) is 13.3. The zero-order valence-corrected chi connectivity index (χ0v) is 11.6. The number of carbonyl (C=O) groups is 1. The highest BCUT2D eigenvalue weighted by Crippen LogP contribution is 2.22. The number of aromatic nitrogens is 1. The van der Waals surface area contributed by atoms with Crippen molar-refractivity contribution in [1.82, 2.24) is 4.98 Å². The van der Waals surface area contributed by atoms with Crippen molar-refractivity contribution in [2.45, 2.75) is 47.0 Å². The summed E-state index contributed by atoms with van der Waals surface area (Å²) < 4.78 is 0. The SMILES string of the molecule is CC(C)(C)C(=O)Nc1ccc(C(C)(C)C)cn1. The first-order valence-corrected chi connectivity index (χ1v) is 5.89. The molecule has 0 aliphatic rings. The fourth-order valence-corrected chi connectivity index (χ4v) is 1.22. The number of amides is 1. The molecular weight excluding hydrogens is 212 g/mol. The molecule has 0 aliphatic heterocycles. The van der Waals surface area contributed by atoms with Gasteiger partial charge in [-0.15, -0.1) is 0 Å². The normalized spacial score (nSPS) is 12.4. The molecule has 0 aromatic carbocycles. The third-order valence-electron chi connectivity index (χ3n) is 2.55. The average Bonchev–Trinajstić information content (AvgIpc) is 2.15. The lowest BCUT2D eigenvalue weighted by molar-refractivity contribution is -0.123. The first-order chi connectivity index (χ1) is 7.60. The highest BCUT2D eigenvalue weighted by molar-refractivity contribution is 5.93. The van der Waals surface area contributed by atoms with E-state index in [0.717, 1.165) is 5.56 Å². The first kappa shape index (κ1) is 13.7. The smallest absolute Gasteiger partial charge is 0.230 e. The van der Waals surface area contributed by atoms with Gasteiger partial charge in [0.25, 0.3) is 0 Å². The van der Waals surface area contributed by atoms with Crippen LogP contribution in [0.4, 0.5) is 5.82 Å². The van der Waals surface area contributed by atoms with Crippen LogP contribution in [-0.2, 0) is 10.2 Å². The maximum absolute atomic E-state index is 11.8. The predicted octanol–water partition coefficient (Wildman–Crippen LogP) is 3.36. The summed E-state index contributed by atoms with van der Waals surface area (Å²) in [5, 5.41) is 2.81. The van der Waals surface area contributed by atoms with Gasteiger partial charge in [-0.25, -0.2) is 4.98 Å². The largest absolute Gasteiger partial charge is 0.310 e. The number of pyridine rings is 1. The molecule has 0 spiro atoms. The fourth-order valence-electron chi connectivity index (χ4n) is 1.22. The van der Waals surface area contributed by atoms with E-state index in [2.05, 4.69) is 31.1 Å². The number of nitrogens with zero attached hydrogens (tertiary/aromatic N) is 1. The van der Waals surface area contributed by atoms with Crippen molar-refractivity contribution in [1.29, 1.82) is 0 Å². The summed E-state index contributed by atoms with van der Waals surface area (Å²) in [7, 11) is 0. The molecule has 1 heterocycles. The second-order valence-corrected chi connectivity index (χ2v) is 6.39. The van der Waals surface area contributed by atoms with Gasteiger partial charge in [0.1, 0.15) is 5.82 Å². The number of nitrogens with one attached hydrogen (secondary N) is 1. The van der Waals surface area contributed by atoms with Crippen molar-refractivity contribution < 1.29 is 4.79 Å². The molecule has 0 atom stereocenters. The van der Waals surface area contributed by atoms with Crippen molar-refractivity contribution in [3.05, 3.63) is 23.9 Å². The second-order valence-electron chi connectivity index (χ2n) is 6.39. The summed E-state index contributed by atoms with van der Waals surface area (Å²) in [5.74, 6) is 0.589. The molecule has 0 radical (unpaired) electrons. The van der Waals surface area contributed by atoms with Gasteiger partial charge in [-0.3, -0.25) is 4.79 Å². The summed E-state index contributed by atoms with van der Waals surface area (Å²) in [6.07, 6.45) is 1.82. The Labute approximate surface area is 104 Å². The van der Waals surface area contributed by atoms with Crippen molar-refractivity contribution in [2.24, 2.45) is 5.41 Å². The first-order valence-electron chi connectivity index (χ1n) is 5.89. The van der Waals surface area contributed by atoms with E-state index in [1.807, 2.05) is 39.1 Å². The lowest BCUT2D eigenvalue weighted by Crippen LogP contribution is -2.28. The van der Waals surface area contributed by atoms with E-state index in [1.165, 1.54) is 0 Å². The highest BCUT2D eigenvalue weighted by Gasteiger charge is 2.21. The van der Waals surface area contributed by atoms with E-state index in [9.17, 15) is 4.79 Å². The Balaban J connectivity index is 2.80. The van der Waals surface area contributed by atoms with Gasteiger partial charge >= 0.3 is 0 Å². The minimum absolute atomic E-state index is 0.0199. The summed E-state index contributed by atoms with van der Waals surface area (Å²) in [5.41, 5.74) is 0.843. The van der Waals surface area contributed by atoms with Gasteiger partial charge in [0.05, 0.1) is 0 Å². The Kier molecular flexibility index (Phi) is 3.60. The molecule has 1 aromatic rings. The van der Waals surface area contributed by atoms with Crippen molar-refractivity contribution in [3.63, 3.8) is 0 Å². The number of hydrogen-bond donors (Lipinski definition) is 1. The van der Waals surface area contributed by atoms with Gasteiger partial charge in [-0.1, -0.05) is 47.6 Å². The third-order valence-corrected chi connectivity index (χ3v) is 2.55. The van der Waals surface area contributed by atoms with Crippen LogP contribution in [-0.4, -0.2) is 10.9 Å². The number of rotatable bonds is 1. The van der Waals surface area contributed by atoms with Crippen LogP contribution in [0.15, 0.2) is 18.3 Å². The van der Waals surface area contributed by atoms with E-state index in [4.69, 9.17) is 0 Å². The van der Waals surface area contributed by atoms with Gasteiger partial charge in [0.15, 0.2) is 0 Å². The van der Waals surface area contributed by atoms with Crippen LogP contribution in [0.3, 0.4) is 0 Å².